The number of carbonyl (C=O) groups excluding carboxylic acids is 1. The number of fused-ring (bicyclic) bond motifs is 1. The second-order valence-electron chi connectivity index (χ2n) is 8.13. The van der Waals surface area contributed by atoms with Crippen molar-refractivity contribution in [2.45, 2.75) is 17.5 Å². The maximum absolute atomic E-state index is 13.5. The third-order valence-corrected chi connectivity index (χ3v) is 8.43. The minimum atomic E-state index is -0.301. The molecule has 0 spiro atoms. The van der Waals surface area contributed by atoms with Crippen LogP contribution < -0.4 is 14.9 Å². The molecule has 2 heterocycles. The second kappa shape index (κ2) is 9.91. The van der Waals surface area contributed by atoms with E-state index in [-0.39, 0.29) is 22.6 Å². The number of methoxy groups -OCH3 is 1. The van der Waals surface area contributed by atoms with E-state index in [0.29, 0.717) is 12.3 Å². The SMILES string of the molecule is COc1ccc(NC(=O)[C@H]2CSc3c(sc(=O)n3Cc3ccccc3)[C@H]2c2ccccc2)cc1. The predicted octanol–water partition coefficient (Wildman–Crippen LogP) is 5.46. The first-order valence-corrected chi connectivity index (χ1v) is 12.8. The van der Waals surface area contributed by atoms with Gasteiger partial charge < -0.3 is 10.1 Å². The molecular formula is C27H24N2O3S2. The normalized spacial score (nSPS) is 17.1. The molecule has 3 aromatic carbocycles. The van der Waals surface area contributed by atoms with Crippen LogP contribution in [0.2, 0.25) is 0 Å². The Kier molecular flexibility index (Phi) is 6.56. The summed E-state index contributed by atoms with van der Waals surface area (Å²) in [5.74, 6) is 0.810. The molecule has 7 heteroatoms. The van der Waals surface area contributed by atoms with Gasteiger partial charge in [0.15, 0.2) is 0 Å². The summed E-state index contributed by atoms with van der Waals surface area (Å²) in [6.45, 7) is 0.530. The van der Waals surface area contributed by atoms with Gasteiger partial charge in [0.1, 0.15) is 5.75 Å². The largest absolute Gasteiger partial charge is 0.497 e. The molecule has 1 aliphatic rings. The molecule has 0 saturated carbocycles. The number of aromatic nitrogens is 1. The summed E-state index contributed by atoms with van der Waals surface area (Å²) in [6.07, 6.45) is 0. The van der Waals surface area contributed by atoms with Crippen LogP contribution in [0, 0.1) is 5.92 Å². The van der Waals surface area contributed by atoms with E-state index in [2.05, 4.69) is 5.32 Å². The summed E-state index contributed by atoms with van der Waals surface area (Å²) < 4.78 is 7.07. The third-order valence-electron chi connectivity index (χ3n) is 5.99. The van der Waals surface area contributed by atoms with Gasteiger partial charge >= 0.3 is 4.87 Å². The molecule has 5 nitrogen and oxygen atoms in total. The van der Waals surface area contributed by atoms with Gasteiger partial charge in [0, 0.05) is 22.2 Å². The zero-order valence-electron chi connectivity index (χ0n) is 18.6. The van der Waals surface area contributed by atoms with E-state index < -0.39 is 0 Å². The van der Waals surface area contributed by atoms with Crippen LogP contribution in [0.3, 0.4) is 0 Å². The van der Waals surface area contributed by atoms with Gasteiger partial charge in [-0.15, -0.1) is 11.8 Å². The van der Waals surface area contributed by atoms with Gasteiger partial charge in [-0.1, -0.05) is 72.0 Å². The number of amides is 1. The van der Waals surface area contributed by atoms with E-state index >= 15 is 0 Å². The highest BCUT2D eigenvalue weighted by Crippen LogP contribution is 2.46. The highest BCUT2D eigenvalue weighted by Gasteiger charge is 2.39. The van der Waals surface area contributed by atoms with Gasteiger partial charge in [0.25, 0.3) is 0 Å². The molecule has 0 unspecified atom stereocenters. The van der Waals surface area contributed by atoms with E-state index in [1.807, 2.05) is 89.5 Å². The third kappa shape index (κ3) is 4.54. The van der Waals surface area contributed by atoms with E-state index in [1.165, 1.54) is 11.3 Å². The summed E-state index contributed by atoms with van der Waals surface area (Å²) >= 11 is 2.86. The van der Waals surface area contributed by atoms with Gasteiger partial charge in [-0.25, -0.2) is 0 Å². The van der Waals surface area contributed by atoms with Crippen LogP contribution in [0.4, 0.5) is 5.69 Å². The second-order valence-corrected chi connectivity index (χ2v) is 10.1. The molecule has 1 N–H and O–H groups in total. The molecule has 172 valence electrons. The fourth-order valence-electron chi connectivity index (χ4n) is 4.28. The van der Waals surface area contributed by atoms with Gasteiger partial charge in [0.05, 0.1) is 24.6 Å². The minimum absolute atomic E-state index is 0.0125. The number of thioether (sulfide) groups is 1. The molecule has 0 saturated heterocycles. The lowest BCUT2D eigenvalue weighted by molar-refractivity contribution is -0.119. The fourth-order valence-corrected chi connectivity index (χ4v) is 6.98. The highest BCUT2D eigenvalue weighted by molar-refractivity contribution is 7.99. The van der Waals surface area contributed by atoms with Crippen LogP contribution in [-0.4, -0.2) is 23.3 Å². The molecule has 5 rings (SSSR count). The first kappa shape index (κ1) is 22.5. The Bertz CT molecular complexity index is 1330. The summed E-state index contributed by atoms with van der Waals surface area (Å²) in [5.41, 5.74) is 2.86. The van der Waals surface area contributed by atoms with Gasteiger partial charge in [-0.3, -0.25) is 14.2 Å². The van der Waals surface area contributed by atoms with Crippen molar-refractivity contribution in [3.8, 4) is 5.75 Å². The molecular weight excluding hydrogens is 464 g/mol. The topological polar surface area (TPSA) is 60.3 Å². The van der Waals surface area contributed by atoms with Crippen molar-refractivity contribution in [3.05, 3.63) is 111 Å². The average Bonchev–Trinajstić information content (AvgIpc) is 3.19. The van der Waals surface area contributed by atoms with Crippen molar-refractivity contribution >= 4 is 34.7 Å². The maximum atomic E-state index is 13.5. The number of benzene rings is 3. The van der Waals surface area contributed by atoms with Crippen LogP contribution in [0.25, 0.3) is 0 Å². The van der Waals surface area contributed by atoms with Crippen molar-refractivity contribution in [2.24, 2.45) is 5.92 Å². The molecule has 0 fully saturated rings. The van der Waals surface area contributed by atoms with Crippen molar-refractivity contribution in [1.82, 2.24) is 4.57 Å². The quantitative estimate of drug-likeness (QED) is 0.392. The fraction of sp³-hybridized carbons (Fsp3) is 0.185. The van der Waals surface area contributed by atoms with Crippen LogP contribution in [0.5, 0.6) is 5.75 Å². The van der Waals surface area contributed by atoms with Crippen LogP contribution in [0.15, 0.2) is 94.7 Å². The summed E-state index contributed by atoms with van der Waals surface area (Å²) in [4.78, 5) is 27.5. The molecule has 34 heavy (non-hydrogen) atoms. The number of nitrogens with one attached hydrogen (secondary N) is 1. The molecule has 1 aromatic heterocycles. The molecule has 4 aromatic rings. The molecule has 1 aliphatic heterocycles. The van der Waals surface area contributed by atoms with Gasteiger partial charge in [-0.05, 0) is 35.4 Å². The van der Waals surface area contributed by atoms with Crippen molar-refractivity contribution in [2.75, 3.05) is 18.2 Å². The highest BCUT2D eigenvalue weighted by atomic mass is 32.2. The van der Waals surface area contributed by atoms with E-state index in [9.17, 15) is 9.59 Å². The number of hydrogen-bond acceptors (Lipinski definition) is 5. The Hall–Kier alpha value is -3.29. The Morgan fingerprint density at radius 1 is 1.00 bits per heavy atom. The number of thiazole rings is 1. The molecule has 0 radical (unpaired) electrons. The lowest BCUT2D eigenvalue weighted by Crippen LogP contribution is -2.33. The summed E-state index contributed by atoms with van der Waals surface area (Å²) in [5, 5.41) is 4.04. The number of nitrogens with zero attached hydrogens (tertiary/aromatic N) is 1. The van der Waals surface area contributed by atoms with Gasteiger partial charge in [0.2, 0.25) is 5.91 Å². The number of hydrogen-bond donors (Lipinski definition) is 1. The standard InChI is InChI=1S/C27H24N2O3S2/c1-32-21-14-12-20(13-15-21)28-25(30)22-17-33-26-24(23(22)19-10-6-3-7-11-19)34-27(31)29(26)16-18-8-4-2-5-9-18/h2-15,22-23H,16-17H2,1H3,(H,28,30)/t22-,23-/m0/s1. The number of anilines is 1. The smallest absolute Gasteiger partial charge is 0.308 e. The summed E-state index contributed by atoms with van der Waals surface area (Å²) in [6, 6.07) is 27.4. The van der Waals surface area contributed by atoms with Crippen LogP contribution >= 0.6 is 23.1 Å². The zero-order valence-corrected chi connectivity index (χ0v) is 20.3. The molecule has 1 amide bonds. The Labute approximate surface area is 206 Å². The maximum Gasteiger partial charge on any atom is 0.308 e. The van der Waals surface area contributed by atoms with Crippen LogP contribution in [0.1, 0.15) is 21.9 Å². The number of ether oxygens (including phenoxy) is 1. The molecule has 0 bridgehead atoms. The summed E-state index contributed by atoms with van der Waals surface area (Å²) in [7, 11) is 1.62. The zero-order chi connectivity index (χ0) is 23.5. The van der Waals surface area contributed by atoms with E-state index in [4.69, 9.17) is 4.74 Å². The van der Waals surface area contributed by atoms with Crippen molar-refractivity contribution < 1.29 is 9.53 Å². The monoisotopic (exact) mass is 488 g/mol. The Balaban J connectivity index is 1.49. The average molecular weight is 489 g/mol. The Morgan fingerprint density at radius 3 is 2.35 bits per heavy atom. The van der Waals surface area contributed by atoms with Crippen molar-refractivity contribution in [3.63, 3.8) is 0 Å². The van der Waals surface area contributed by atoms with E-state index in [0.717, 1.165) is 32.5 Å². The molecule has 2 atom stereocenters. The number of carbonyl (C=O) groups is 1. The lowest BCUT2D eigenvalue weighted by Gasteiger charge is -2.31. The van der Waals surface area contributed by atoms with Crippen molar-refractivity contribution in [1.29, 1.82) is 0 Å². The van der Waals surface area contributed by atoms with E-state index in [1.54, 1.807) is 18.9 Å². The molecule has 0 aliphatic carbocycles. The van der Waals surface area contributed by atoms with Gasteiger partial charge in [-0.2, -0.15) is 0 Å². The predicted molar refractivity (Wildman–Crippen MR) is 138 cm³/mol. The van der Waals surface area contributed by atoms with Crippen LogP contribution in [-0.2, 0) is 11.3 Å². The lowest BCUT2D eigenvalue weighted by atomic mass is 9.85. The minimum Gasteiger partial charge on any atom is -0.497 e. The first-order chi connectivity index (χ1) is 16.6. The first-order valence-electron chi connectivity index (χ1n) is 11.0. The Morgan fingerprint density at radius 2 is 1.68 bits per heavy atom. The number of rotatable bonds is 6.